The van der Waals surface area contributed by atoms with Crippen molar-refractivity contribution in [3.05, 3.63) is 84.6 Å². The van der Waals surface area contributed by atoms with Gasteiger partial charge in [-0.1, -0.05) is 88.4 Å². The number of rotatable bonds is 16. The molecule has 6 aromatic rings. The summed E-state index contributed by atoms with van der Waals surface area (Å²) in [5.74, 6) is 0.761. The largest absolute Gasteiger partial charge is 0.453 e. The third kappa shape index (κ3) is 9.93. The predicted octanol–water partition coefficient (Wildman–Crippen LogP) is 7.94. The van der Waals surface area contributed by atoms with Crippen LogP contribution >= 0.6 is 0 Å². The molecule has 1 saturated heterocycles. The van der Waals surface area contributed by atoms with E-state index in [2.05, 4.69) is 80.2 Å². The average molecular weight is 859 g/mol. The number of hydrogen-bond acceptors (Lipinski definition) is 9. The van der Waals surface area contributed by atoms with E-state index in [9.17, 15) is 19.2 Å². The molecule has 63 heavy (non-hydrogen) atoms. The molecule has 0 saturated carbocycles. The smallest absolute Gasteiger partial charge is 0.407 e. The SMILES string of the molecule is CCCN(Cc1nc2c3ccccc3c3cc(-c4ccc(-c5cnc(CN(CCC)C(=O)C(NC(=O)OC)C6CCOCC6)[nH]5)cc4)ccc3c2[nH]1)C(=O)C(NC(=O)OC)C(C)C. The van der Waals surface area contributed by atoms with E-state index < -0.39 is 24.3 Å². The van der Waals surface area contributed by atoms with Crippen molar-refractivity contribution in [1.29, 1.82) is 0 Å². The van der Waals surface area contributed by atoms with E-state index in [0.29, 0.717) is 50.8 Å². The number of carbonyl (C=O) groups excluding carboxylic acids is 4. The molecule has 0 bridgehead atoms. The zero-order valence-corrected chi connectivity index (χ0v) is 37.0. The van der Waals surface area contributed by atoms with Gasteiger partial charge in [0, 0.05) is 37.1 Å². The number of alkyl carbamates (subject to hydrolysis) is 2. The first-order valence-corrected chi connectivity index (χ1v) is 21.8. The first kappa shape index (κ1) is 44.6. The van der Waals surface area contributed by atoms with E-state index in [1.165, 1.54) is 14.2 Å². The van der Waals surface area contributed by atoms with Gasteiger partial charge >= 0.3 is 12.2 Å². The van der Waals surface area contributed by atoms with Crippen LogP contribution in [0.4, 0.5) is 9.59 Å². The summed E-state index contributed by atoms with van der Waals surface area (Å²) < 4.78 is 15.2. The molecule has 1 aliphatic rings. The number of H-pyrrole nitrogens is 2. The van der Waals surface area contributed by atoms with Crippen molar-refractivity contribution in [3.8, 4) is 22.4 Å². The fraction of sp³-hybridized carbons (Fsp3) is 0.417. The number of benzene rings is 4. The molecule has 1 aliphatic heterocycles. The number of aromatic amines is 2. The Balaban J connectivity index is 1.12. The minimum absolute atomic E-state index is 0.0516. The standard InChI is InChI=1S/C48H58N8O7/c1-7-21-55(46(58)42(54-48(60)62-6)32-19-23-63-24-20-32)27-39-49-26-38(50-39)31-15-13-30(14-16-31)33-17-18-36-37(25-33)34-11-9-10-12-35(34)43-44(36)52-40(51-43)28-56(22-8-2)45(57)41(29(3)4)53-47(59)61-5/h9-18,25-26,29,32,41-42H,7-8,19-24,27-28H2,1-6H3,(H,49,50)(H,51,52)(H,53,59)(H,54,60). The van der Waals surface area contributed by atoms with E-state index in [1.54, 1.807) is 16.0 Å². The summed E-state index contributed by atoms with van der Waals surface area (Å²) in [5, 5.41) is 9.67. The Morgan fingerprint density at radius 2 is 1.37 bits per heavy atom. The summed E-state index contributed by atoms with van der Waals surface area (Å²) in [4.78, 5) is 72.4. The fourth-order valence-corrected chi connectivity index (χ4v) is 8.55. The number of nitrogens with zero attached hydrogens (tertiary/aromatic N) is 4. The third-order valence-electron chi connectivity index (χ3n) is 11.8. The zero-order chi connectivity index (χ0) is 44.6. The highest BCUT2D eigenvalue weighted by atomic mass is 16.5. The van der Waals surface area contributed by atoms with E-state index in [0.717, 1.165) is 67.8 Å². The molecule has 2 aromatic heterocycles. The molecule has 4 N–H and O–H groups in total. The van der Waals surface area contributed by atoms with Gasteiger partial charge < -0.3 is 44.6 Å². The van der Waals surface area contributed by atoms with Gasteiger partial charge in [0.2, 0.25) is 11.8 Å². The van der Waals surface area contributed by atoms with Crippen molar-refractivity contribution < 1.29 is 33.4 Å². The Morgan fingerprint density at radius 3 is 2.03 bits per heavy atom. The van der Waals surface area contributed by atoms with Crippen LogP contribution < -0.4 is 10.6 Å². The molecule has 0 aliphatic carbocycles. The number of aromatic nitrogens is 4. The van der Waals surface area contributed by atoms with Crippen molar-refractivity contribution in [2.45, 2.75) is 78.6 Å². The number of nitrogens with one attached hydrogen (secondary N) is 4. The Hall–Kier alpha value is -6.48. The van der Waals surface area contributed by atoms with Crippen LogP contribution in [0.5, 0.6) is 0 Å². The Labute approximate surface area is 367 Å². The molecule has 2 unspecified atom stereocenters. The monoisotopic (exact) mass is 858 g/mol. The molecule has 7 rings (SSSR count). The lowest BCUT2D eigenvalue weighted by Gasteiger charge is -2.33. The van der Waals surface area contributed by atoms with Gasteiger partial charge in [0.25, 0.3) is 0 Å². The molecule has 4 amide bonds. The molecular weight excluding hydrogens is 801 g/mol. The highest BCUT2D eigenvalue weighted by Crippen LogP contribution is 2.37. The highest BCUT2D eigenvalue weighted by Gasteiger charge is 2.35. The van der Waals surface area contributed by atoms with E-state index >= 15 is 0 Å². The third-order valence-corrected chi connectivity index (χ3v) is 11.8. The first-order chi connectivity index (χ1) is 30.5. The lowest BCUT2D eigenvalue weighted by Crippen LogP contribution is -2.53. The minimum Gasteiger partial charge on any atom is -0.453 e. The summed E-state index contributed by atoms with van der Waals surface area (Å²) in [5.41, 5.74) is 5.60. The molecule has 0 radical (unpaired) electrons. The summed E-state index contributed by atoms with van der Waals surface area (Å²) in [6, 6.07) is 21.5. The predicted molar refractivity (Wildman–Crippen MR) is 243 cm³/mol. The van der Waals surface area contributed by atoms with Crippen LogP contribution in [0.2, 0.25) is 0 Å². The van der Waals surface area contributed by atoms with Crippen LogP contribution in [0.25, 0.3) is 55.0 Å². The van der Waals surface area contributed by atoms with Crippen molar-refractivity contribution in [1.82, 2.24) is 40.4 Å². The maximum atomic E-state index is 14.0. The number of ether oxygens (including phenoxy) is 3. The number of hydrogen-bond donors (Lipinski definition) is 4. The molecular formula is C48H58N8O7. The van der Waals surface area contributed by atoms with Gasteiger partial charge in [-0.05, 0) is 71.0 Å². The van der Waals surface area contributed by atoms with Crippen molar-refractivity contribution >= 4 is 56.6 Å². The minimum atomic E-state index is -0.738. The molecule has 0 spiro atoms. The number of amides is 4. The molecule has 2 atom stereocenters. The second-order valence-corrected chi connectivity index (χ2v) is 16.5. The summed E-state index contributed by atoms with van der Waals surface area (Å²) >= 11 is 0. The normalized spacial score (nSPS) is 14.1. The van der Waals surface area contributed by atoms with Crippen LogP contribution in [0, 0.1) is 11.8 Å². The van der Waals surface area contributed by atoms with Gasteiger partial charge in [0.15, 0.2) is 0 Å². The van der Waals surface area contributed by atoms with Crippen molar-refractivity contribution in [3.63, 3.8) is 0 Å². The van der Waals surface area contributed by atoms with Crippen LogP contribution in [-0.4, -0.2) is 106 Å². The second kappa shape index (κ2) is 20.1. The fourth-order valence-electron chi connectivity index (χ4n) is 8.55. The number of fused-ring (bicyclic) bond motifs is 6. The van der Waals surface area contributed by atoms with Gasteiger partial charge in [0.1, 0.15) is 23.7 Å². The number of carbonyl (C=O) groups is 4. The maximum Gasteiger partial charge on any atom is 0.407 e. The Bertz CT molecular complexity index is 2560. The molecule has 332 valence electrons. The average Bonchev–Trinajstić information content (AvgIpc) is 3.97. The van der Waals surface area contributed by atoms with Gasteiger partial charge in [0.05, 0.1) is 50.2 Å². The topological polar surface area (TPSA) is 184 Å². The van der Waals surface area contributed by atoms with E-state index in [4.69, 9.17) is 19.2 Å². The van der Waals surface area contributed by atoms with Crippen LogP contribution in [0.15, 0.2) is 72.9 Å². The Morgan fingerprint density at radius 1 is 0.746 bits per heavy atom. The van der Waals surface area contributed by atoms with Crippen LogP contribution in [-0.2, 0) is 36.9 Å². The lowest BCUT2D eigenvalue weighted by atomic mass is 9.90. The second-order valence-electron chi connectivity index (χ2n) is 16.5. The first-order valence-electron chi connectivity index (χ1n) is 21.8. The number of methoxy groups -OCH3 is 2. The Kier molecular flexibility index (Phi) is 14.2. The van der Waals surface area contributed by atoms with Gasteiger partial charge in [-0.15, -0.1) is 0 Å². The van der Waals surface area contributed by atoms with Crippen LogP contribution in [0.1, 0.15) is 65.0 Å². The maximum absolute atomic E-state index is 14.0. The molecule has 15 nitrogen and oxygen atoms in total. The van der Waals surface area contributed by atoms with Gasteiger partial charge in [-0.25, -0.2) is 19.6 Å². The van der Waals surface area contributed by atoms with Crippen LogP contribution in [0.3, 0.4) is 0 Å². The molecule has 3 heterocycles. The van der Waals surface area contributed by atoms with Gasteiger partial charge in [-0.3, -0.25) is 9.59 Å². The lowest BCUT2D eigenvalue weighted by molar-refractivity contribution is -0.136. The summed E-state index contributed by atoms with van der Waals surface area (Å²) in [6.07, 6.45) is 3.35. The summed E-state index contributed by atoms with van der Waals surface area (Å²) in [7, 11) is 2.59. The number of imidazole rings is 2. The quantitative estimate of drug-likeness (QED) is 0.0702. The van der Waals surface area contributed by atoms with E-state index in [-0.39, 0.29) is 36.7 Å². The molecule has 15 heteroatoms. The van der Waals surface area contributed by atoms with Gasteiger partial charge in [-0.2, -0.15) is 0 Å². The van der Waals surface area contributed by atoms with E-state index in [1.807, 2.05) is 39.8 Å². The zero-order valence-electron chi connectivity index (χ0n) is 37.0. The molecule has 1 fully saturated rings. The molecule has 4 aromatic carbocycles. The van der Waals surface area contributed by atoms with Crippen molar-refractivity contribution in [2.75, 3.05) is 40.5 Å². The highest BCUT2D eigenvalue weighted by molar-refractivity contribution is 6.23. The van der Waals surface area contributed by atoms with Crippen molar-refractivity contribution in [2.24, 2.45) is 11.8 Å². The summed E-state index contributed by atoms with van der Waals surface area (Å²) in [6.45, 7) is 10.5.